The summed E-state index contributed by atoms with van der Waals surface area (Å²) in [6.07, 6.45) is 1.15. The van der Waals surface area contributed by atoms with Gasteiger partial charge in [0, 0.05) is 0 Å². The highest BCUT2D eigenvalue weighted by atomic mass is 32.2. The van der Waals surface area contributed by atoms with E-state index in [1.54, 1.807) is 13.8 Å². The van der Waals surface area contributed by atoms with Gasteiger partial charge < -0.3 is 9.90 Å². The van der Waals surface area contributed by atoms with E-state index >= 15 is 0 Å². The molecule has 0 aliphatic rings. The summed E-state index contributed by atoms with van der Waals surface area (Å²) in [5.41, 5.74) is 0. The molecule has 0 aliphatic heterocycles. The van der Waals surface area contributed by atoms with Gasteiger partial charge in [0.25, 0.3) is 0 Å². The lowest BCUT2D eigenvalue weighted by atomic mass is 10.1. The molecule has 0 saturated carbocycles. The van der Waals surface area contributed by atoms with Gasteiger partial charge >= 0.3 is 0 Å². The highest BCUT2D eigenvalue weighted by molar-refractivity contribution is 7.88. The highest BCUT2D eigenvalue weighted by Crippen LogP contribution is 2.04. The molecule has 0 saturated heterocycles. The molecule has 6 heteroatoms. The molecule has 0 aliphatic carbocycles. The number of rotatable bonds is 5. The minimum Gasteiger partial charge on any atom is -0.548 e. The molecular weight excluding hydrogens is 194 g/mol. The zero-order valence-electron chi connectivity index (χ0n) is 7.90. The molecule has 0 radical (unpaired) electrons. The SMILES string of the molecule is CC(C)C[C@@H](NS(C)(=O)=O)C(=O)[O-]. The molecular formula is C7H14NO4S-. The Morgan fingerprint density at radius 2 is 1.92 bits per heavy atom. The Hall–Kier alpha value is -0.620. The van der Waals surface area contributed by atoms with Gasteiger partial charge in [-0.25, -0.2) is 13.1 Å². The van der Waals surface area contributed by atoms with Crippen LogP contribution in [-0.2, 0) is 14.8 Å². The lowest BCUT2D eigenvalue weighted by molar-refractivity contribution is -0.308. The van der Waals surface area contributed by atoms with Gasteiger partial charge in [0.2, 0.25) is 10.0 Å². The number of hydrogen-bond donors (Lipinski definition) is 1. The van der Waals surface area contributed by atoms with Crippen molar-refractivity contribution in [1.29, 1.82) is 0 Å². The van der Waals surface area contributed by atoms with Crippen molar-refractivity contribution in [3.63, 3.8) is 0 Å². The van der Waals surface area contributed by atoms with Crippen LogP contribution in [0, 0.1) is 5.92 Å². The number of carbonyl (C=O) groups excluding carboxylic acids is 1. The fraction of sp³-hybridized carbons (Fsp3) is 0.857. The smallest absolute Gasteiger partial charge is 0.209 e. The van der Waals surface area contributed by atoms with Crippen molar-refractivity contribution >= 4 is 16.0 Å². The van der Waals surface area contributed by atoms with Crippen LogP contribution in [0.25, 0.3) is 0 Å². The summed E-state index contributed by atoms with van der Waals surface area (Å²) in [6, 6.07) is -1.13. The Balaban J connectivity index is 4.37. The fourth-order valence-electron chi connectivity index (χ4n) is 0.922. The average molecular weight is 208 g/mol. The van der Waals surface area contributed by atoms with Crippen LogP contribution in [0.2, 0.25) is 0 Å². The fourth-order valence-corrected chi connectivity index (χ4v) is 1.63. The van der Waals surface area contributed by atoms with Crippen LogP contribution in [0.1, 0.15) is 20.3 Å². The molecule has 0 aromatic carbocycles. The van der Waals surface area contributed by atoms with Gasteiger partial charge in [0.15, 0.2) is 0 Å². The Bertz CT molecular complexity index is 270. The van der Waals surface area contributed by atoms with Gasteiger partial charge in [-0.05, 0) is 12.3 Å². The standard InChI is InChI=1S/C7H15NO4S/c1-5(2)4-6(7(9)10)8-13(3,11)12/h5-6,8H,4H2,1-3H3,(H,9,10)/p-1/t6-/m1/s1. The summed E-state index contributed by atoms with van der Waals surface area (Å²) < 4.78 is 23.4. The largest absolute Gasteiger partial charge is 0.548 e. The third kappa shape index (κ3) is 6.53. The monoisotopic (exact) mass is 208 g/mol. The van der Waals surface area contributed by atoms with E-state index in [9.17, 15) is 18.3 Å². The van der Waals surface area contributed by atoms with Crippen LogP contribution in [0.3, 0.4) is 0 Å². The summed E-state index contributed by atoms with van der Waals surface area (Å²) in [5, 5.41) is 10.5. The van der Waals surface area contributed by atoms with Crippen LogP contribution < -0.4 is 9.83 Å². The molecule has 5 nitrogen and oxygen atoms in total. The third-order valence-corrected chi connectivity index (χ3v) is 2.06. The summed E-state index contributed by atoms with van der Waals surface area (Å²) in [7, 11) is -3.48. The molecule has 0 fully saturated rings. The molecule has 0 unspecified atom stereocenters. The van der Waals surface area contributed by atoms with Crippen LogP contribution in [0.4, 0.5) is 0 Å². The van der Waals surface area contributed by atoms with Crippen molar-refractivity contribution in [3.05, 3.63) is 0 Å². The second kappa shape index (κ2) is 4.57. The maximum absolute atomic E-state index is 10.7. The van der Waals surface area contributed by atoms with E-state index < -0.39 is 22.0 Å². The number of sulfonamides is 1. The second-order valence-electron chi connectivity index (χ2n) is 3.39. The second-order valence-corrected chi connectivity index (χ2v) is 5.17. The van der Waals surface area contributed by atoms with Gasteiger partial charge in [-0.3, -0.25) is 0 Å². The van der Waals surface area contributed by atoms with Crippen molar-refractivity contribution < 1.29 is 18.3 Å². The normalized spacial score (nSPS) is 14.5. The number of nitrogens with one attached hydrogen (secondary N) is 1. The first-order chi connectivity index (χ1) is 5.72. The molecule has 0 heterocycles. The van der Waals surface area contributed by atoms with Gasteiger partial charge in [-0.2, -0.15) is 0 Å². The van der Waals surface area contributed by atoms with E-state index in [-0.39, 0.29) is 12.3 Å². The summed E-state index contributed by atoms with van der Waals surface area (Å²) in [6.45, 7) is 3.61. The van der Waals surface area contributed by atoms with Crippen LogP contribution in [-0.4, -0.2) is 26.7 Å². The van der Waals surface area contributed by atoms with Gasteiger partial charge in [0.1, 0.15) is 0 Å². The topological polar surface area (TPSA) is 86.3 Å². The van der Waals surface area contributed by atoms with Gasteiger partial charge in [-0.15, -0.1) is 0 Å². The molecule has 0 aromatic heterocycles. The van der Waals surface area contributed by atoms with Crippen LogP contribution in [0.5, 0.6) is 0 Å². The van der Waals surface area contributed by atoms with Crippen molar-refractivity contribution in [1.82, 2.24) is 4.72 Å². The Morgan fingerprint density at radius 1 is 1.46 bits per heavy atom. The van der Waals surface area contributed by atoms with E-state index in [1.807, 2.05) is 4.72 Å². The van der Waals surface area contributed by atoms with E-state index in [2.05, 4.69) is 0 Å². The number of carbonyl (C=O) groups is 1. The first-order valence-electron chi connectivity index (χ1n) is 3.90. The predicted octanol–water partition coefficient (Wildman–Crippen LogP) is -1.30. The number of aliphatic carboxylic acids is 1. The van der Waals surface area contributed by atoms with E-state index in [0.29, 0.717) is 0 Å². The third-order valence-electron chi connectivity index (χ3n) is 1.35. The number of carboxylic acid groups (broad SMARTS) is 1. The maximum Gasteiger partial charge on any atom is 0.209 e. The molecule has 1 atom stereocenters. The number of carboxylic acids is 1. The quantitative estimate of drug-likeness (QED) is 0.608. The number of hydrogen-bond acceptors (Lipinski definition) is 4. The lowest BCUT2D eigenvalue weighted by Gasteiger charge is -2.19. The summed E-state index contributed by atoms with van der Waals surface area (Å²) in [4.78, 5) is 10.5. The van der Waals surface area contributed by atoms with E-state index in [0.717, 1.165) is 6.26 Å². The van der Waals surface area contributed by atoms with Crippen molar-refractivity contribution in [2.75, 3.05) is 6.26 Å². The van der Waals surface area contributed by atoms with Crippen LogP contribution >= 0.6 is 0 Å². The van der Waals surface area contributed by atoms with Gasteiger partial charge in [-0.1, -0.05) is 13.8 Å². The Kier molecular flexibility index (Phi) is 4.35. The first-order valence-corrected chi connectivity index (χ1v) is 5.79. The first kappa shape index (κ1) is 12.4. The molecule has 0 spiro atoms. The Labute approximate surface area is 78.2 Å². The summed E-state index contributed by atoms with van der Waals surface area (Å²) >= 11 is 0. The molecule has 13 heavy (non-hydrogen) atoms. The maximum atomic E-state index is 10.7. The van der Waals surface area contributed by atoms with Crippen molar-refractivity contribution in [2.24, 2.45) is 5.92 Å². The lowest BCUT2D eigenvalue weighted by Crippen LogP contribution is -2.48. The molecule has 78 valence electrons. The molecule has 0 bridgehead atoms. The zero-order valence-corrected chi connectivity index (χ0v) is 8.72. The minimum atomic E-state index is -3.48. The molecule has 0 aromatic rings. The predicted molar refractivity (Wildman–Crippen MR) is 46.2 cm³/mol. The Morgan fingerprint density at radius 3 is 2.15 bits per heavy atom. The van der Waals surface area contributed by atoms with E-state index in [1.165, 1.54) is 0 Å². The van der Waals surface area contributed by atoms with E-state index in [4.69, 9.17) is 0 Å². The average Bonchev–Trinajstić information content (AvgIpc) is 1.81. The van der Waals surface area contributed by atoms with Crippen LogP contribution in [0.15, 0.2) is 0 Å². The van der Waals surface area contributed by atoms with Gasteiger partial charge in [0.05, 0.1) is 18.3 Å². The summed E-state index contributed by atoms with van der Waals surface area (Å²) in [5.74, 6) is -1.30. The molecule has 1 N–H and O–H groups in total. The highest BCUT2D eigenvalue weighted by Gasteiger charge is 2.15. The van der Waals surface area contributed by atoms with Crippen molar-refractivity contribution in [2.45, 2.75) is 26.3 Å². The molecule has 0 amide bonds. The zero-order chi connectivity index (χ0) is 10.6. The van der Waals surface area contributed by atoms with Crippen molar-refractivity contribution in [3.8, 4) is 0 Å². The molecule has 0 rings (SSSR count). The minimum absolute atomic E-state index is 0.0946.